The second-order valence-corrected chi connectivity index (χ2v) is 4.66. The number of fused-ring (bicyclic) bond motifs is 1. The number of H-pyrrole nitrogens is 2. The fourth-order valence-electron chi connectivity index (χ4n) is 2.20. The van der Waals surface area contributed by atoms with Crippen LogP contribution in [0.25, 0.3) is 16.9 Å². The Morgan fingerprint density at radius 3 is 2.65 bits per heavy atom. The van der Waals surface area contributed by atoms with E-state index in [1.807, 2.05) is 0 Å². The maximum absolute atomic E-state index is 12.3. The second-order valence-electron chi connectivity index (χ2n) is 4.66. The first-order chi connectivity index (χ1) is 10.7. The fraction of sp³-hybridized carbons (Fsp3) is 0.154. The van der Waals surface area contributed by atoms with Crippen LogP contribution >= 0.6 is 0 Å². The van der Waals surface area contributed by atoms with Crippen molar-refractivity contribution < 1.29 is 17.9 Å². The predicted molar refractivity (Wildman–Crippen MR) is 73.7 cm³/mol. The molecule has 0 unspecified atom stereocenters. The Balaban J connectivity index is 2.22. The highest BCUT2D eigenvalue weighted by atomic mass is 19.4. The third kappa shape index (κ3) is 2.82. The molecule has 0 atom stereocenters. The molecule has 3 aromatic rings. The van der Waals surface area contributed by atoms with E-state index in [9.17, 15) is 22.8 Å². The largest absolute Gasteiger partial charge is 0.573 e. The average Bonchev–Trinajstić information content (AvgIpc) is 2.73. The van der Waals surface area contributed by atoms with Crippen LogP contribution in [-0.2, 0) is 0 Å². The maximum atomic E-state index is 12.3. The van der Waals surface area contributed by atoms with E-state index in [2.05, 4.69) is 19.7 Å². The van der Waals surface area contributed by atoms with Gasteiger partial charge in [0.15, 0.2) is 11.2 Å². The third-order valence-electron chi connectivity index (χ3n) is 2.97. The molecule has 23 heavy (non-hydrogen) atoms. The van der Waals surface area contributed by atoms with Crippen molar-refractivity contribution in [2.75, 3.05) is 0 Å². The van der Waals surface area contributed by atoms with Gasteiger partial charge in [-0.1, -0.05) is 6.07 Å². The van der Waals surface area contributed by atoms with Gasteiger partial charge in [0.25, 0.3) is 5.56 Å². The van der Waals surface area contributed by atoms with Gasteiger partial charge in [-0.05, 0) is 19.1 Å². The van der Waals surface area contributed by atoms with Crippen LogP contribution in [-0.4, -0.2) is 25.9 Å². The highest BCUT2D eigenvalue weighted by Gasteiger charge is 2.31. The quantitative estimate of drug-likeness (QED) is 0.748. The Hall–Kier alpha value is -3.04. The van der Waals surface area contributed by atoms with Gasteiger partial charge in [-0.3, -0.25) is 14.3 Å². The zero-order valence-electron chi connectivity index (χ0n) is 11.6. The summed E-state index contributed by atoms with van der Waals surface area (Å²) in [5.41, 5.74) is -1.30. The number of imidazole rings is 1. The van der Waals surface area contributed by atoms with Crippen LogP contribution < -0.4 is 16.0 Å². The van der Waals surface area contributed by atoms with Crippen LogP contribution in [0.15, 0.2) is 33.9 Å². The standard InChI is InChI=1S/C13H9F3N4O3/c1-6-17-10-9(11(21)18-6)20(12(22)19-10)7-3-2-4-8(5-7)23-13(14,15)16/h2-5H,1H3,(H2,17,18,19,21,22). The molecule has 0 aliphatic carbocycles. The Morgan fingerprint density at radius 1 is 1.22 bits per heavy atom. The summed E-state index contributed by atoms with van der Waals surface area (Å²) in [7, 11) is 0. The van der Waals surface area contributed by atoms with Gasteiger partial charge in [0, 0.05) is 6.07 Å². The summed E-state index contributed by atoms with van der Waals surface area (Å²) in [6.07, 6.45) is -4.86. The smallest absolute Gasteiger partial charge is 0.406 e. The molecule has 1 aromatic carbocycles. The number of ether oxygens (including phenoxy) is 1. The van der Waals surface area contributed by atoms with E-state index < -0.39 is 23.4 Å². The molecular weight excluding hydrogens is 317 g/mol. The third-order valence-corrected chi connectivity index (χ3v) is 2.97. The number of aromatic amines is 2. The molecule has 2 N–H and O–H groups in total. The molecule has 0 saturated carbocycles. The lowest BCUT2D eigenvalue weighted by Crippen LogP contribution is -2.20. The van der Waals surface area contributed by atoms with E-state index in [1.165, 1.54) is 19.1 Å². The van der Waals surface area contributed by atoms with Gasteiger partial charge in [0.2, 0.25) is 0 Å². The normalized spacial score (nSPS) is 11.8. The molecule has 0 spiro atoms. The first-order valence-electron chi connectivity index (χ1n) is 6.32. The summed E-state index contributed by atoms with van der Waals surface area (Å²) in [5, 5.41) is 0. The average molecular weight is 326 g/mol. The molecule has 0 bridgehead atoms. The van der Waals surface area contributed by atoms with Crippen LogP contribution in [0.3, 0.4) is 0 Å². The molecule has 120 valence electrons. The van der Waals surface area contributed by atoms with Crippen LogP contribution in [0, 0.1) is 6.92 Å². The first-order valence-corrected chi connectivity index (χ1v) is 6.32. The summed E-state index contributed by atoms with van der Waals surface area (Å²) < 4.78 is 41.6. The van der Waals surface area contributed by atoms with E-state index in [0.29, 0.717) is 5.82 Å². The maximum Gasteiger partial charge on any atom is 0.573 e. The molecule has 0 aliphatic heterocycles. The number of rotatable bonds is 2. The predicted octanol–water partition coefficient (Wildman–Crippen LogP) is 1.61. The second kappa shape index (κ2) is 5.00. The van der Waals surface area contributed by atoms with Crippen molar-refractivity contribution in [1.29, 1.82) is 0 Å². The number of halogens is 3. The van der Waals surface area contributed by atoms with Crippen molar-refractivity contribution in [2.45, 2.75) is 13.3 Å². The molecular formula is C13H9F3N4O3. The minimum Gasteiger partial charge on any atom is -0.406 e. The molecule has 0 amide bonds. The molecule has 0 aliphatic rings. The number of nitrogens with zero attached hydrogens (tertiary/aromatic N) is 2. The van der Waals surface area contributed by atoms with Gasteiger partial charge >= 0.3 is 12.1 Å². The van der Waals surface area contributed by atoms with Gasteiger partial charge in [0.05, 0.1) is 5.69 Å². The summed E-state index contributed by atoms with van der Waals surface area (Å²) in [5.74, 6) is -0.210. The number of aromatic nitrogens is 4. The summed E-state index contributed by atoms with van der Waals surface area (Å²) in [4.78, 5) is 32.9. The highest BCUT2D eigenvalue weighted by molar-refractivity contribution is 5.72. The molecule has 0 fully saturated rings. The molecule has 7 nitrogen and oxygen atoms in total. The number of alkyl halides is 3. The van der Waals surface area contributed by atoms with Crippen LogP contribution in [0.2, 0.25) is 0 Å². The van der Waals surface area contributed by atoms with Crippen molar-refractivity contribution in [3.8, 4) is 11.4 Å². The summed E-state index contributed by atoms with van der Waals surface area (Å²) in [6.45, 7) is 1.54. The lowest BCUT2D eigenvalue weighted by molar-refractivity contribution is -0.274. The van der Waals surface area contributed by atoms with Crippen LogP contribution in [0.5, 0.6) is 5.75 Å². The monoisotopic (exact) mass is 326 g/mol. The molecule has 2 heterocycles. The van der Waals surface area contributed by atoms with Crippen molar-refractivity contribution in [2.24, 2.45) is 0 Å². The first kappa shape index (κ1) is 14.9. The van der Waals surface area contributed by atoms with Crippen molar-refractivity contribution in [3.63, 3.8) is 0 Å². The van der Waals surface area contributed by atoms with E-state index in [0.717, 1.165) is 16.7 Å². The van der Waals surface area contributed by atoms with E-state index >= 15 is 0 Å². The van der Waals surface area contributed by atoms with Gasteiger partial charge < -0.3 is 9.72 Å². The number of hydrogen-bond donors (Lipinski definition) is 2. The molecule has 3 rings (SSSR count). The Morgan fingerprint density at radius 2 is 1.96 bits per heavy atom. The molecule has 0 radical (unpaired) electrons. The fourth-order valence-corrected chi connectivity index (χ4v) is 2.20. The van der Waals surface area contributed by atoms with Crippen molar-refractivity contribution in [3.05, 3.63) is 50.9 Å². The molecule has 0 saturated heterocycles. The molecule has 10 heteroatoms. The zero-order valence-corrected chi connectivity index (χ0v) is 11.6. The zero-order chi connectivity index (χ0) is 16.8. The minimum atomic E-state index is -4.86. The molecule has 2 aromatic heterocycles. The van der Waals surface area contributed by atoms with E-state index in [-0.39, 0.29) is 16.9 Å². The summed E-state index contributed by atoms with van der Waals surface area (Å²) >= 11 is 0. The van der Waals surface area contributed by atoms with Gasteiger partial charge in [-0.2, -0.15) is 0 Å². The van der Waals surface area contributed by atoms with Gasteiger partial charge in [0.1, 0.15) is 11.6 Å². The van der Waals surface area contributed by atoms with Crippen LogP contribution in [0.4, 0.5) is 13.2 Å². The lowest BCUT2D eigenvalue weighted by Gasteiger charge is -2.10. The number of hydrogen-bond acceptors (Lipinski definition) is 4. The van der Waals surface area contributed by atoms with Gasteiger partial charge in [-0.15, -0.1) is 13.2 Å². The SMILES string of the molecule is Cc1nc2[nH]c(=O)n(-c3cccc(OC(F)(F)F)c3)c2c(=O)[nH]1. The van der Waals surface area contributed by atoms with E-state index in [4.69, 9.17) is 0 Å². The Bertz CT molecular complexity index is 1000. The van der Waals surface area contributed by atoms with Gasteiger partial charge in [-0.25, -0.2) is 9.78 Å². The summed E-state index contributed by atoms with van der Waals surface area (Å²) in [6, 6.07) is 4.74. The number of aryl methyl sites for hydroxylation is 1. The minimum absolute atomic E-state index is 0.0402. The Labute approximate surface area is 125 Å². The lowest BCUT2D eigenvalue weighted by atomic mass is 10.3. The number of benzene rings is 1. The topological polar surface area (TPSA) is 92.8 Å². The Kier molecular flexibility index (Phi) is 3.24. The number of nitrogens with one attached hydrogen (secondary N) is 2. The van der Waals surface area contributed by atoms with Crippen molar-refractivity contribution in [1.82, 2.24) is 19.5 Å². The van der Waals surface area contributed by atoms with E-state index in [1.54, 1.807) is 0 Å². The van der Waals surface area contributed by atoms with Crippen LogP contribution in [0.1, 0.15) is 5.82 Å². The highest BCUT2D eigenvalue weighted by Crippen LogP contribution is 2.24. The van der Waals surface area contributed by atoms with Crippen molar-refractivity contribution >= 4 is 11.2 Å².